The molecule has 0 atom stereocenters. The number of nitrogens with one attached hydrogen (secondary N) is 2. The Labute approximate surface area is 189 Å². The van der Waals surface area contributed by atoms with Crippen LogP contribution in [-0.4, -0.2) is 42.6 Å². The van der Waals surface area contributed by atoms with Gasteiger partial charge in [-0.05, 0) is 67.9 Å². The molecular formula is C23H26F3N3O2S. The summed E-state index contributed by atoms with van der Waals surface area (Å²) in [6.07, 6.45) is -0.653. The van der Waals surface area contributed by atoms with Crippen LogP contribution in [0.5, 0.6) is 0 Å². The van der Waals surface area contributed by atoms with Gasteiger partial charge in [-0.1, -0.05) is 24.3 Å². The van der Waals surface area contributed by atoms with Crippen LogP contribution < -0.4 is 10.6 Å². The molecule has 1 heterocycles. The second kappa shape index (κ2) is 10.9. The van der Waals surface area contributed by atoms with Crippen molar-refractivity contribution in [2.24, 2.45) is 5.92 Å². The molecule has 5 nitrogen and oxygen atoms in total. The normalized spacial score (nSPS) is 15.4. The maximum absolute atomic E-state index is 12.8. The first kappa shape index (κ1) is 24.1. The highest BCUT2D eigenvalue weighted by Crippen LogP contribution is 2.30. The molecule has 0 bridgehead atoms. The lowest BCUT2D eigenvalue weighted by Gasteiger charge is -2.32. The summed E-state index contributed by atoms with van der Waals surface area (Å²) in [5.74, 6) is -1.57. The van der Waals surface area contributed by atoms with Gasteiger partial charge in [0.05, 0.1) is 5.56 Å². The molecule has 1 fully saturated rings. The zero-order valence-corrected chi connectivity index (χ0v) is 18.6. The highest BCUT2D eigenvalue weighted by atomic mass is 32.2. The predicted octanol–water partition coefficient (Wildman–Crippen LogP) is 4.39. The lowest BCUT2D eigenvalue weighted by atomic mass is 9.96. The number of nitrogens with zero attached hydrogens (tertiary/aromatic N) is 1. The number of benzene rings is 2. The number of hydrogen-bond donors (Lipinski definition) is 2. The Morgan fingerprint density at radius 1 is 1.06 bits per heavy atom. The Morgan fingerprint density at radius 2 is 1.78 bits per heavy atom. The average molecular weight is 466 g/mol. The minimum atomic E-state index is -4.52. The van der Waals surface area contributed by atoms with Crippen LogP contribution in [0.1, 0.15) is 24.0 Å². The fourth-order valence-electron chi connectivity index (χ4n) is 3.70. The van der Waals surface area contributed by atoms with Crippen molar-refractivity contribution >= 4 is 29.3 Å². The summed E-state index contributed by atoms with van der Waals surface area (Å²) in [6.45, 7) is 3.05. The molecule has 2 aromatic rings. The van der Waals surface area contributed by atoms with Gasteiger partial charge in [-0.15, -0.1) is 11.8 Å². The van der Waals surface area contributed by atoms with Crippen molar-refractivity contribution in [3.63, 3.8) is 0 Å². The van der Waals surface area contributed by atoms with Gasteiger partial charge in [0.15, 0.2) is 0 Å². The van der Waals surface area contributed by atoms with E-state index in [-0.39, 0.29) is 11.6 Å². The van der Waals surface area contributed by atoms with E-state index in [0.29, 0.717) is 6.54 Å². The van der Waals surface area contributed by atoms with Gasteiger partial charge in [-0.2, -0.15) is 13.2 Å². The number of hydrogen-bond acceptors (Lipinski definition) is 4. The van der Waals surface area contributed by atoms with Crippen LogP contribution in [0.25, 0.3) is 0 Å². The van der Waals surface area contributed by atoms with E-state index in [0.717, 1.165) is 44.6 Å². The maximum Gasteiger partial charge on any atom is 0.416 e. The van der Waals surface area contributed by atoms with Gasteiger partial charge in [-0.3, -0.25) is 14.5 Å². The first-order chi connectivity index (χ1) is 15.3. The number of rotatable bonds is 6. The van der Waals surface area contributed by atoms with Crippen molar-refractivity contribution in [2.45, 2.75) is 30.5 Å². The quantitative estimate of drug-likeness (QED) is 0.491. The summed E-state index contributed by atoms with van der Waals surface area (Å²) in [5.41, 5.74) is 0.347. The number of halogens is 3. The molecule has 3 rings (SSSR count). The molecule has 2 amide bonds. The number of likely N-dealkylation sites (tertiary alicyclic amines) is 1. The Hall–Kier alpha value is -2.52. The highest BCUT2D eigenvalue weighted by Gasteiger charge is 2.30. The molecule has 9 heteroatoms. The Balaban J connectivity index is 1.42. The Bertz CT molecular complexity index is 944. The Kier molecular flexibility index (Phi) is 8.20. The molecule has 32 heavy (non-hydrogen) atoms. The molecule has 0 aliphatic carbocycles. The van der Waals surface area contributed by atoms with Crippen molar-refractivity contribution in [1.82, 2.24) is 10.2 Å². The molecule has 0 spiro atoms. The van der Waals surface area contributed by atoms with Crippen LogP contribution in [0.15, 0.2) is 53.4 Å². The lowest BCUT2D eigenvalue weighted by molar-refractivity contribution is -0.137. The first-order valence-electron chi connectivity index (χ1n) is 10.4. The zero-order valence-electron chi connectivity index (χ0n) is 17.7. The van der Waals surface area contributed by atoms with Gasteiger partial charge in [0.2, 0.25) is 0 Å². The minimum Gasteiger partial charge on any atom is -0.348 e. The van der Waals surface area contributed by atoms with Crippen LogP contribution in [0, 0.1) is 5.92 Å². The molecule has 1 saturated heterocycles. The fraction of sp³-hybridized carbons (Fsp3) is 0.391. The second-order valence-corrected chi connectivity index (χ2v) is 8.62. The van der Waals surface area contributed by atoms with Gasteiger partial charge < -0.3 is 10.6 Å². The molecule has 0 radical (unpaired) electrons. The number of carbonyl (C=O) groups excluding carboxylic acids is 2. The molecule has 1 aliphatic heterocycles. The number of alkyl halides is 3. The molecule has 0 unspecified atom stereocenters. The fourth-order valence-corrected chi connectivity index (χ4v) is 4.31. The standard InChI is InChI=1S/C23H26F3N3O2S/c1-32-20-8-3-2-5-17(20)15-29-11-9-16(10-12-29)14-27-21(30)22(31)28-19-7-4-6-18(13-19)23(24,25)26/h2-8,13,16H,9-12,14-15H2,1H3,(H,27,30)(H,28,31). The van der Waals surface area contributed by atoms with Crippen molar-refractivity contribution in [1.29, 1.82) is 0 Å². The summed E-state index contributed by atoms with van der Waals surface area (Å²) in [6, 6.07) is 12.5. The second-order valence-electron chi connectivity index (χ2n) is 7.77. The van der Waals surface area contributed by atoms with E-state index in [2.05, 4.69) is 33.9 Å². The molecule has 0 aromatic heterocycles. The number of thioether (sulfide) groups is 1. The van der Waals surface area contributed by atoms with E-state index in [1.807, 2.05) is 12.1 Å². The Morgan fingerprint density at radius 3 is 2.47 bits per heavy atom. The third-order valence-corrected chi connectivity index (χ3v) is 6.34. The third kappa shape index (κ3) is 6.74. The van der Waals surface area contributed by atoms with Crippen LogP contribution in [0.4, 0.5) is 18.9 Å². The van der Waals surface area contributed by atoms with Crippen molar-refractivity contribution in [3.8, 4) is 0 Å². The summed E-state index contributed by atoms with van der Waals surface area (Å²) in [4.78, 5) is 27.8. The van der Waals surface area contributed by atoms with E-state index >= 15 is 0 Å². The number of carbonyl (C=O) groups is 2. The van der Waals surface area contributed by atoms with E-state index < -0.39 is 23.6 Å². The third-order valence-electron chi connectivity index (χ3n) is 5.50. The van der Waals surface area contributed by atoms with Crippen LogP contribution in [-0.2, 0) is 22.3 Å². The number of piperidine rings is 1. The van der Waals surface area contributed by atoms with Crippen LogP contribution >= 0.6 is 11.8 Å². The van der Waals surface area contributed by atoms with Gasteiger partial charge in [0, 0.05) is 23.7 Å². The van der Waals surface area contributed by atoms with E-state index in [1.165, 1.54) is 22.6 Å². The lowest BCUT2D eigenvalue weighted by Crippen LogP contribution is -2.41. The average Bonchev–Trinajstić information content (AvgIpc) is 2.78. The van der Waals surface area contributed by atoms with Crippen LogP contribution in [0.2, 0.25) is 0 Å². The summed E-state index contributed by atoms with van der Waals surface area (Å²) >= 11 is 1.73. The van der Waals surface area contributed by atoms with Gasteiger partial charge in [0.1, 0.15) is 0 Å². The summed E-state index contributed by atoms with van der Waals surface area (Å²) < 4.78 is 38.3. The zero-order chi connectivity index (χ0) is 23.1. The minimum absolute atomic E-state index is 0.0705. The van der Waals surface area contributed by atoms with E-state index in [9.17, 15) is 22.8 Å². The maximum atomic E-state index is 12.8. The van der Waals surface area contributed by atoms with Gasteiger partial charge in [-0.25, -0.2) is 0 Å². The number of amides is 2. The number of anilines is 1. The topological polar surface area (TPSA) is 61.4 Å². The SMILES string of the molecule is CSc1ccccc1CN1CCC(CNC(=O)C(=O)Nc2cccc(C(F)(F)F)c2)CC1. The first-order valence-corrected chi connectivity index (χ1v) is 11.6. The highest BCUT2D eigenvalue weighted by molar-refractivity contribution is 7.98. The predicted molar refractivity (Wildman–Crippen MR) is 119 cm³/mol. The molecule has 0 saturated carbocycles. The van der Waals surface area contributed by atoms with Crippen LogP contribution in [0.3, 0.4) is 0 Å². The molecule has 172 valence electrons. The monoisotopic (exact) mass is 465 g/mol. The van der Waals surface area contributed by atoms with E-state index in [1.54, 1.807) is 11.8 Å². The summed E-state index contributed by atoms with van der Waals surface area (Å²) in [7, 11) is 0. The van der Waals surface area contributed by atoms with Gasteiger partial charge in [0.25, 0.3) is 0 Å². The van der Waals surface area contributed by atoms with E-state index in [4.69, 9.17) is 0 Å². The largest absolute Gasteiger partial charge is 0.416 e. The van der Waals surface area contributed by atoms with Crippen molar-refractivity contribution in [3.05, 3.63) is 59.7 Å². The molecule has 2 aromatic carbocycles. The molecule has 2 N–H and O–H groups in total. The molecule has 1 aliphatic rings. The molecular weight excluding hydrogens is 439 g/mol. The van der Waals surface area contributed by atoms with Crippen molar-refractivity contribution in [2.75, 3.05) is 31.2 Å². The van der Waals surface area contributed by atoms with Crippen molar-refractivity contribution < 1.29 is 22.8 Å². The van der Waals surface area contributed by atoms with Gasteiger partial charge >= 0.3 is 18.0 Å². The summed E-state index contributed by atoms with van der Waals surface area (Å²) in [5, 5.41) is 4.83. The smallest absolute Gasteiger partial charge is 0.348 e.